The molecule has 0 radical (unpaired) electrons. The van der Waals surface area contributed by atoms with Crippen molar-refractivity contribution in [3.05, 3.63) is 38.9 Å². The van der Waals surface area contributed by atoms with Gasteiger partial charge in [-0.15, -0.1) is 0 Å². The van der Waals surface area contributed by atoms with Crippen molar-refractivity contribution in [1.29, 1.82) is 0 Å². The highest BCUT2D eigenvalue weighted by Crippen LogP contribution is 2.42. The number of hydrogen-bond acceptors (Lipinski definition) is 5. The van der Waals surface area contributed by atoms with Crippen LogP contribution in [0.1, 0.15) is 35.7 Å². The number of aromatic nitrogens is 1. The van der Waals surface area contributed by atoms with E-state index >= 15 is 4.39 Å². The Hall–Kier alpha value is -2.16. The molecule has 0 bridgehead atoms. The second kappa shape index (κ2) is 7.93. The molecule has 1 saturated carbocycles. The molecule has 4 rings (SSSR count). The molecule has 1 aromatic heterocycles. The quantitative estimate of drug-likeness (QED) is 0.591. The second-order valence-corrected chi connectivity index (χ2v) is 8.14. The van der Waals surface area contributed by atoms with Gasteiger partial charge in [0.2, 0.25) is 5.43 Å². The van der Waals surface area contributed by atoms with Crippen LogP contribution in [0, 0.1) is 11.7 Å². The minimum atomic E-state index is -1.33. The van der Waals surface area contributed by atoms with Crippen LogP contribution in [-0.4, -0.2) is 53.5 Å². The van der Waals surface area contributed by atoms with E-state index in [2.05, 4.69) is 5.32 Å². The third kappa shape index (κ3) is 3.72. The fraction of sp³-hybridized carbons (Fsp3) is 0.500. The Labute approximate surface area is 171 Å². The first-order chi connectivity index (χ1) is 13.9. The van der Waals surface area contributed by atoms with Gasteiger partial charge in [-0.05, 0) is 37.8 Å². The smallest absolute Gasteiger partial charge is 0.341 e. The average molecular weight is 424 g/mol. The van der Waals surface area contributed by atoms with Gasteiger partial charge in [-0.1, -0.05) is 11.6 Å². The van der Waals surface area contributed by atoms with Crippen molar-refractivity contribution >= 4 is 34.2 Å². The number of anilines is 1. The number of hydrogen-bond donors (Lipinski definition) is 3. The van der Waals surface area contributed by atoms with Crippen molar-refractivity contribution in [3.8, 4) is 0 Å². The number of carboxylic acid groups (broad SMARTS) is 1. The Bertz CT molecular complexity index is 1020. The standard InChI is InChI=1S/C20H23ClFN3O4/c21-16-17-13(19(27)14(20(28)29)10-25(17)12-1-2-12)7-15(22)18(16)24-5-3-11(9-24)8-23-4-6-26/h7,10-12,23,26H,1-6,8-9H2,(H,28,29). The Balaban J connectivity index is 1.77. The lowest BCUT2D eigenvalue weighted by Crippen LogP contribution is -2.28. The molecule has 1 aliphatic heterocycles. The normalized spacial score (nSPS) is 19.3. The lowest BCUT2D eigenvalue weighted by atomic mass is 10.1. The van der Waals surface area contributed by atoms with Crippen LogP contribution in [0.3, 0.4) is 0 Å². The van der Waals surface area contributed by atoms with E-state index in [1.807, 2.05) is 4.90 Å². The predicted molar refractivity (Wildman–Crippen MR) is 109 cm³/mol. The highest BCUT2D eigenvalue weighted by atomic mass is 35.5. The maximum atomic E-state index is 15.1. The molecule has 3 N–H and O–H groups in total. The summed E-state index contributed by atoms with van der Waals surface area (Å²) in [6.07, 6.45) is 3.92. The summed E-state index contributed by atoms with van der Waals surface area (Å²) in [4.78, 5) is 26.0. The zero-order valence-corrected chi connectivity index (χ0v) is 16.6. The molecule has 1 atom stereocenters. The number of fused-ring (bicyclic) bond motifs is 1. The van der Waals surface area contributed by atoms with E-state index in [4.69, 9.17) is 16.7 Å². The van der Waals surface area contributed by atoms with Crippen molar-refractivity contribution < 1.29 is 19.4 Å². The molecule has 1 aromatic carbocycles. The molecule has 1 saturated heterocycles. The Kier molecular flexibility index (Phi) is 5.50. The molecule has 156 valence electrons. The van der Waals surface area contributed by atoms with E-state index in [0.717, 1.165) is 31.9 Å². The number of aliphatic hydroxyl groups excluding tert-OH is 1. The number of benzene rings is 1. The third-order valence-corrected chi connectivity index (χ3v) is 6.04. The predicted octanol–water partition coefficient (Wildman–Crippen LogP) is 2.24. The van der Waals surface area contributed by atoms with Gasteiger partial charge in [0.1, 0.15) is 11.4 Å². The van der Waals surface area contributed by atoms with E-state index in [9.17, 15) is 14.7 Å². The van der Waals surface area contributed by atoms with Gasteiger partial charge >= 0.3 is 5.97 Å². The van der Waals surface area contributed by atoms with Gasteiger partial charge in [0.15, 0.2) is 0 Å². The summed E-state index contributed by atoms with van der Waals surface area (Å²) < 4.78 is 16.8. The SMILES string of the molecule is O=C(O)c1cn(C2CC2)c2c(Cl)c(N3CCC(CNCCO)C3)c(F)cc2c1=O. The van der Waals surface area contributed by atoms with Crippen molar-refractivity contribution in [3.63, 3.8) is 0 Å². The molecular weight excluding hydrogens is 401 g/mol. The number of aliphatic hydroxyl groups is 1. The van der Waals surface area contributed by atoms with Gasteiger partial charge in [0.25, 0.3) is 0 Å². The van der Waals surface area contributed by atoms with E-state index < -0.39 is 17.2 Å². The highest BCUT2D eigenvalue weighted by Gasteiger charge is 2.32. The molecule has 7 nitrogen and oxygen atoms in total. The largest absolute Gasteiger partial charge is 0.477 e. The summed E-state index contributed by atoms with van der Waals surface area (Å²) in [6, 6.07) is 1.20. The van der Waals surface area contributed by atoms with Crippen LogP contribution in [-0.2, 0) is 0 Å². The summed E-state index contributed by atoms with van der Waals surface area (Å²) in [5, 5.41) is 21.6. The van der Waals surface area contributed by atoms with Crippen molar-refractivity contribution in [2.24, 2.45) is 5.92 Å². The van der Waals surface area contributed by atoms with Crippen LogP contribution in [0.2, 0.25) is 5.02 Å². The fourth-order valence-electron chi connectivity index (χ4n) is 4.10. The van der Waals surface area contributed by atoms with Crippen LogP contribution in [0.4, 0.5) is 10.1 Å². The molecule has 0 amide bonds. The van der Waals surface area contributed by atoms with Crippen LogP contribution >= 0.6 is 11.6 Å². The van der Waals surface area contributed by atoms with Crippen LogP contribution in [0.15, 0.2) is 17.1 Å². The van der Waals surface area contributed by atoms with Crippen molar-refractivity contribution in [2.45, 2.75) is 25.3 Å². The summed E-state index contributed by atoms with van der Waals surface area (Å²) in [7, 11) is 0. The van der Waals surface area contributed by atoms with Gasteiger partial charge in [-0.2, -0.15) is 0 Å². The minimum absolute atomic E-state index is 0.00316. The molecule has 9 heteroatoms. The first-order valence-corrected chi connectivity index (χ1v) is 10.2. The van der Waals surface area contributed by atoms with E-state index in [0.29, 0.717) is 31.1 Å². The number of nitrogens with zero attached hydrogens (tertiary/aromatic N) is 2. The van der Waals surface area contributed by atoms with Gasteiger partial charge in [0.05, 0.1) is 28.2 Å². The number of nitrogens with one attached hydrogen (secondary N) is 1. The highest BCUT2D eigenvalue weighted by molar-refractivity contribution is 6.38. The summed E-state index contributed by atoms with van der Waals surface area (Å²) in [5.74, 6) is -1.65. The molecule has 29 heavy (non-hydrogen) atoms. The monoisotopic (exact) mass is 423 g/mol. The minimum Gasteiger partial charge on any atom is -0.477 e. The van der Waals surface area contributed by atoms with Gasteiger partial charge in [0, 0.05) is 31.9 Å². The topological polar surface area (TPSA) is 94.8 Å². The molecule has 2 aromatic rings. The molecular formula is C20H23ClFN3O4. The van der Waals surface area contributed by atoms with E-state index in [1.54, 1.807) is 4.57 Å². The first-order valence-electron chi connectivity index (χ1n) is 9.79. The number of rotatable bonds is 7. The molecule has 2 fully saturated rings. The zero-order chi connectivity index (χ0) is 20.7. The van der Waals surface area contributed by atoms with Gasteiger partial charge < -0.3 is 25.0 Å². The lowest BCUT2D eigenvalue weighted by molar-refractivity contribution is 0.0695. The van der Waals surface area contributed by atoms with Crippen LogP contribution in [0.25, 0.3) is 10.9 Å². The second-order valence-electron chi connectivity index (χ2n) is 7.76. The molecule has 0 spiro atoms. The van der Waals surface area contributed by atoms with Crippen LogP contribution in [0.5, 0.6) is 0 Å². The number of aromatic carboxylic acids is 1. The summed E-state index contributed by atoms with van der Waals surface area (Å²) in [5.41, 5.74) is -0.420. The summed E-state index contributed by atoms with van der Waals surface area (Å²) in [6.45, 7) is 2.55. The zero-order valence-electron chi connectivity index (χ0n) is 15.8. The number of halogens is 2. The van der Waals surface area contributed by atoms with Crippen LogP contribution < -0.4 is 15.6 Å². The molecule has 1 aliphatic carbocycles. The maximum absolute atomic E-state index is 15.1. The molecule has 2 heterocycles. The number of pyridine rings is 1. The van der Waals surface area contributed by atoms with Crippen molar-refractivity contribution in [2.75, 3.05) is 37.7 Å². The Morgan fingerprint density at radius 1 is 1.34 bits per heavy atom. The van der Waals surface area contributed by atoms with Crippen molar-refractivity contribution in [1.82, 2.24) is 9.88 Å². The maximum Gasteiger partial charge on any atom is 0.341 e. The summed E-state index contributed by atoms with van der Waals surface area (Å²) >= 11 is 6.64. The van der Waals surface area contributed by atoms with E-state index in [-0.39, 0.29) is 34.3 Å². The van der Waals surface area contributed by atoms with E-state index in [1.165, 1.54) is 6.20 Å². The van der Waals surface area contributed by atoms with Gasteiger partial charge in [-0.25, -0.2) is 9.18 Å². The molecule has 2 aliphatic rings. The third-order valence-electron chi connectivity index (χ3n) is 5.68. The Morgan fingerprint density at radius 2 is 2.10 bits per heavy atom. The first kappa shape index (κ1) is 20.1. The van der Waals surface area contributed by atoms with Gasteiger partial charge in [-0.3, -0.25) is 4.79 Å². The number of carboxylic acids is 1. The average Bonchev–Trinajstić information content (AvgIpc) is 3.42. The number of carbonyl (C=O) groups is 1. The lowest BCUT2D eigenvalue weighted by Gasteiger charge is -2.23. The molecule has 1 unspecified atom stereocenters. The fourth-order valence-corrected chi connectivity index (χ4v) is 4.51. The Morgan fingerprint density at radius 3 is 2.76 bits per heavy atom.